The number of likely N-dealkylation sites (tertiary alicyclic amines) is 1. The highest BCUT2D eigenvalue weighted by atomic mass is 16.2. The van der Waals surface area contributed by atoms with Gasteiger partial charge in [-0.3, -0.25) is 14.8 Å². The van der Waals surface area contributed by atoms with Gasteiger partial charge in [0.2, 0.25) is 0 Å². The van der Waals surface area contributed by atoms with Crippen LogP contribution in [-0.2, 0) is 6.54 Å². The number of hydrogen-bond donors (Lipinski definition) is 0. The van der Waals surface area contributed by atoms with Crippen molar-refractivity contribution in [2.24, 2.45) is 0 Å². The van der Waals surface area contributed by atoms with Gasteiger partial charge in [0.05, 0.1) is 12.1 Å². The lowest BCUT2D eigenvalue weighted by molar-refractivity contribution is 0.0710. The second-order valence-corrected chi connectivity index (χ2v) is 6.58. The molecule has 0 atom stereocenters. The molecule has 0 N–H and O–H groups in total. The van der Waals surface area contributed by atoms with Crippen molar-refractivity contribution in [3.8, 4) is 0 Å². The number of amides is 1. The third-order valence-electron chi connectivity index (χ3n) is 4.88. The first kappa shape index (κ1) is 16.4. The smallest absolute Gasteiger partial charge is 0.255 e. The van der Waals surface area contributed by atoms with Gasteiger partial charge in [-0.1, -0.05) is 6.07 Å². The molecule has 1 amide bonds. The van der Waals surface area contributed by atoms with Crippen LogP contribution in [0.4, 0.5) is 0 Å². The van der Waals surface area contributed by atoms with Crippen LogP contribution < -0.4 is 0 Å². The van der Waals surface area contributed by atoms with Crippen LogP contribution in [-0.4, -0.2) is 43.4 Å². The van der Waals surface area contributed by atoms with Crippen LogP contribution in [0.5, 0.6) is 0 Å². The maximum Gasteiger partial charge on any atom is 0.255 e. The summed E-state index contributed by atoms with van der Waals surface area (Å²) in [4.78, 5) is 27.3. The van der Waals surface area contributed by atoms with E-state index in [4.69, 9.17) is 0 Å². The van der Waals surface area contributed by atoms with Crippen molar-refractivity contribution >= 4 is 5.91 Å². The lowest BCUT2D eigenvalue weighted by Crippen LogP contribution is -2.38. The number of piperidine rings is 1. The Hall–Kier alpha value is -3.02. The number of carbonyl (C=O) groups excluding carboxylic acids is 1. The van der Waals surface area contributed by atoms with Crippen LogP contribution in [0.2, 0.25) is 0 Å². The Balaban J connectivity index is 1.41. The van der Waals surface area contributed by atoms with E-state index in [9.17, 15) is 4.79 Å². The van der Waals surface area contributed by atoms with Crippen LogP contribution >= 0.6 is 0 Å². The molecule has 0 aromatic carbocycles. The molecule has 0 bridgehead atoms. The second-order valence-electron chi connectivity index (χ2n) is 6.58. The van der Waals surface area contributed by atoms with E-state index >= 15 is 0 Å². The molecule has 0 radical (unpaired) electrons. The van der Waals surface area contributed by atoms with E-state index in [1.165, 1.54) is 0 Å². The van der Waals surface area contributed by atoms with Gasteiger partial charge in [0.15, 0.2) is 0 Å². The normalized spacial score (nSPS) is 15.2. The Labute approximate surface area is 152 Å². The van der Waals surface area contributed by atoms with Gasteiger partial charge in [0.25, 0.3) is 5.91 Å². The van der Waals surface area contributed by atoms with Crippen LogP contribution in [0.3, 0.4) is 0 Å². The number of carbonyl (C=O) groups is 1. The van der Waals surface area contributed by atoms with E-state index in [-0.39, 0.29) is 5.91 Å². The lowest BCUT2D eigenvalue weighted by atomic mass is 9.95. The van der Waals surface area contributed by atoms with Gasteiger partial charge in [-0.25, -0.2) is 4.98 Å². The fourth-order valence-electron chi connectivity index (χ4n) is 3.52. The van der Waals surface area contributed by atoms with Crippen molar-refractivity contribution in [1.29, 1.82) is 0 Å². The highest BCUT2D eigenvalue weighted by molar-refractivity contribution is 5.93. The molecule has 3 aromatic rings. The van der Waals surface area contributed by atoms with Gasteiger partial charge in [0.1, 0.15) is 5.82 Å². The fraction of sp³-hybridized carbons (Fsp3) is 0.300. The molecule has 3 aromatic heterocycles. The molecule has 1 aliphatic heterocycles. The molecule has 0 aliphatic carbocycles. The average Bonchev–Trinajstić information content (AvgIpc) is 3.17. The van der Waals surface area contributed by atoms with Crippen molar-refractivity contribution in [3.63, 3.8) is 0 Å². The van der Waals surface area contributed by atoms with Crippen molar-refractivity contribution in [2.45, 2.75) is 25.3 Å². The van der Waals surface area contributed by atoms with Crippen LogP contribution in [0.25, 0.3) is 0 Å². The summed E-state index contributed by atoms with van der Waals surface area (Å²) in [5, 5.41) is 0. The van der Waals surface area contributed by atoms with Crippen molar-refractivity contribution in [3.05, 3.63) is 78.4 Å². The monoisotopic (exact) mass is 347 g/mol. The lowest BCUT2D eigenvalue weighted by Gasteiger charge is -2.32. The number of pyridine rings is 2. The zero-order valence-electron chi connectivity index (χ0n) is 14.5. The quantitative estimate of drug-likeness (QED) is 0.728. The topological polar surface area (TPSA) is 63.9 Å². The Bertz CT molecular complexity index is 854. The minimum absolute atomic E-state index is 0.0650. The number of hydrogen-bond acceptors (Lipinski definition) is 4. The van der Waals surface area contributed by atoms with Crippen molar-refractivity contribution < 1.29 is 4.79 Å². The zero-order chi connectivity index (χ0) is 17.8. The summed E-state index contributed by atoms with van der Waals surface area (Å²) in [6.45, 7) is 2.27. The summed E-state index contributed by atoms with van der Waals surface area (Å²) < 4.78 is 2.19. The van der Waals surface area contributed by atoms with Gasteiger partial charge in [-0.05, 0) is 36.6 Å². The molecule has 1 fully saturated rings. The number of nitrogens with zero attached hydrogens (tertiary/aromatic N) is 5. The minimum Gasteiger partial charge on any atom is -0.339 e. The standard InChI is InChI=1S/C20H21N5O/c26-20(18-4-2-8-22-14-18)24-10-5-17(6-11-24)19-23-9-12-25(19)15-16-3-1-7-21-13-16/h1-4,7-9,12-14,17H,5-6,10-11,15H2. The fourth-order valence-corrected chi connectivity index (χ4v) is 3.52. The summed E-state index contributed by atoms with van der Waals surface area (Å²) >= 11 is 0. The molecule has 6 heteroatoms. The third kappa shape index (κ3) is 3.49. The third-order valence-corrected chi connectivity index (χ3v) is 4.88. The molecular formula is C20H21N5O. The SMILES string of the molecule is O=C(c1cccnc1)N1CCC(c2nccn2Cc2cccnc2)CC1. The molecular weight excluding hydrogens is 326 g/mol. The molecule has 132 valence electrons. The van der Waals surface area contributed by atoms with Gasteiger partial charge >= 0.3 is 0 Å². The first-order valence-electron chi connectivity index (χ1n) is 8.90. The summed E-state index contributed by atoms with van der Waals surface area (Å²) in [6.07, 6.45) is 12.7. The molecule has 1 saturated heterocycles. The highest BCUT2D eigenvalue weighted by Crippen LogP contribution is 2.28. The Morgan fingerprint density at radius 1 is 1.04 bits per heavy atom. The van der Waals surface area contributed by atoms with E-state index in [0.717, 1.165) is 43.9 Å². The first-order chi connectivity index (χ1) is 12.8. The predicted octanol–water partition coefficient (Wildman–Crippen LogP) is 2.74. The average molecular weight is 347 g/mol. The van der Waals surface area contributed by atoms with Gasteiger partial charge in [0, 0.05) is 56.2 Å². The van der Waals surface area contributed by atoms with Crippen LogP contribution in [0.15, 0.2) is 61.4 Å². The molecule has 1 aliphatic rings. The minimum atomic E-state index is 0.0650. The van der Waals surface area contributed by atoms with E-state index in [0.29, 0.717) is 11.5 Å². The molecule has 6 nitrogen and oxygen atoms in total. The largest absolute Gasteiger partial charge is 0.339 e. The Kier molecular flexibility index (Phi) is 4.73. The molecule has 4 rings (SSSR count). The Morgan fingerprint density at radius 3 is 2.50 bits per heavy atom. The molecule has 26 heavy (non-hydrogen) atoms. The maximum atomic E-state index is 12.6. The molecule has 0 saturated carbocycles. The van der Waals surface area contributed by atoms with Gasteiger partial charge in [-0.2, -0.15) is 0 Å². The number of aromatic nitrogens is 4. The van der Waals surface area contributed by atoms with Crippen LogP contribution in [0, 0.1) is 0 Å². The van der Waals surface area contributed by atoms with E-state index < -0.39 is 0 Å². The number of imidazole rings is 1. The molecule has 0 unspecified atom stereocenters. The van der Waals surface area contributed by atoms with E-state index in [1.807, 2.05) is 35.6 Å². The van der Waals surface area contributed by atoms with E-state index in [1.54, 1.807) is 24.7 Å². The second kappa shape index (κ2) is 7.47. The Morgan fingerprint density at radius 2 is 1.81 bits per heavy atom. The molecule has 0 spiro atoms. The first-order valence-corrected chi connectivity index (χ1v) is 8.90. The predicted molar refractivity (Wildman–Crippen MR) is 97.7 cm³/mol. The number of rotatable bonds is 4. The zero-order valence-corrected chi connectivity index (χ0v) is 14.5. The maximum absolute atomic E-state index is 12.6. The van der Waals surface area contributed by atoms with Crippen molar-refractivity contribution in [1.82, 2.24) is 24.4 Å². The summed E-state index contributed by atoms with van der Waals surface area (Å²) in [5.74, 6) is 1.54. The molecule has 4 heterocycles. The summed E-state index contributed by atoms with van der Waals surface area (Å²) in [7, 11) is 0. The highest BCUT2D eigenvalue weighted by Gasteiger charge is 2.27. The van der Waals surface area contributed by atoms with Crippen molar-refractivity contribution in [2.75, 3.05) is 13.1 Å². The summed E-state index contributed by atoms with van der Waals surface area (Å²) in [5.41, 5.74) is 1.82. The van der Waals surface area contributed by atoms with Gasteiger partial charge < -0.3 is 9.47 Å². The van der Waals surface area contributed by atoms with E-state index in [2.05, 4.69) is 25.6 Å². The summed E-state index contributed by atoms with van der Waals surface area (Å²) in [6, 6.07) is 7.65. The van der Waals surface area contributed by atoms with Crippen LogP contribution in [0.1, 0.15) is 40.5 Å². The van der Waals surface area contributed by atoms with Gasteiger partial charge in [-0.15, -0.1) is 0 Å².